The Balaban J connectivity index is 2.66. The zero-order valence-electron chi connectivity index (χ0n) is 9.74. The fourth-order valence-electron chi connectivity index (χ4n) is 1.86. The van der Waals surface area contributed by atoms with Crippen LogP contribution in [0.25, 0.3) is 10.9 Å². The molecule has 0 aliphatic carbocycles. The maximum atomic E-state index is 11.7. The van der Waals surface area contributed by atoms with Crippen LogP contribution in [0.3, 0.4) is 0 Å². The van der Waals surface area contributed by atoms with E-state index in [9.17, 15) is 9.59 Å². The van der Waals surface area contributed by atoms with Crippen molar-refractivity contribution < 1.29 is 14.3 Å². The number of ketones is 1. The second-order valence-electron chi connectivity index (χ2n) is 3.70. The van der Waals surface area contributed by atoms with Gasteiger partial charge in [-0.05, 0) is 19.9 Å². The number of H-pyrrole nitrogens is 1. The molecule has 88 valence electrons. The van der Waals surface area contributed by atoms with Crippen LogP contribution in [-0.2, 0) is 4.74 Å². The molecule has 0 radical (unpaired) electrons. The number of benzene rings is 1. The van der Waals surface area contributed by atoms with E-state index in [1.54, 1.807) is 6.92 Å². The number of carbonyl (C=O) groups excluding carboxylic acids is 2. The summed E-state index contributed by atoms with van der Waals surface area (Å²) in [6.45, 7) is 3.46. The highest BCUT2D eigenvalue weighted by Crippen LogP contribution is 2.23. The summed E-state index contributed by atoms with van der Waals surface area (Å²) < 4.78 is 4.93. The van der Waals surface area contributed by atoms with E-state index in [4.69, 9.17) is 4.74 Å². The molecule has 4 nitrogen and oxygen atoms in total. The van der Waals surface area contributed by atoms with Crippen LogP contribution in [0.15, 0.2) is 24.3 Å². The van der Waals surface area contributed by atoms with Crippen molar-refractivity contribution in [1.82, 2.24) is 4.98 Å². The molecule has 1 N–H and O–H groups in total. The van der Waals surface area contributed by atoms with Gasteiger partial charge in [0.1, 0.15) is 5.69 Å². The number of rotatable bonds is 3. The Morgan fingerprint density at radius 3 is 2.65 bits per heavy atom. The summed E-state index contributed by atoms with van der Waals surface area (Å²) in [7, 11) is 0. The Morgan fingerprint density at radius 1 is 1.29 bits per heavy atom. The Kier molecular flexibility index (Phi) is 2.95. The average molecular weight is 231 g/mol. The van der Waals surface area contributed by atoms with Crippen molar-refractivity contribution in [1.29, 1.82) is 0 Å². The molecular formula is C13H13NO3. The lowest BCUT2D eigenvalue weighted by Gasteiger charge is -2.01. The molecule has 0 amide bonds. The highest BCUT2D eigenvalue weighted by Gasteiger charge is 2.21. The number of aromatic amines is 1. The molecule has 2 rings (SSSR count). The van der Waals surface area contributed by atoms with E-state index in [2.05, 4.69) is 4.98 Å². The Bertz CT molecular complexity index is 583. The van der Waals surface area contributed by atoms with Crippen LogP contribution < -0.4 is 0 Å². The van der Waals surface area contributed by atoms with Gasteiger partial charge in [-0.1, -0.05) is 18.2 Å². The molecule has 0 aliphatic heterocycles. The average Bonchev–Trinajstić information content (AvgIpc) is 2.68. The molecule has 0 saturated heterocycles. The second-order valence-corrected chi connectivity index (χ2v) is 3.70. The van der Waals surface area contributed by atoms with E-state index < -0.39 is 5.97 Å². The smallest absolute Gasteiger partial charge is 0.355 e. The molecule has 1 aromatic carbocycles. The topological polar surface area (TPSA) is 59.2 Å². The summed E-state index contributed by atoms with van der Waals surface area (Å²) in [6, 6.07) is 7.31. The molecule has 0 fully saturated rings. The molecule has 17 heavy (non-hydrogen) atoms. The highest BCUT2D eigenvalue weighted by molar-refractivity contribution is 6.14. The van der Waals surface area contributed by atoms with Crippen molar-refractivity contribution in [2.45, 2.75) is 13.8 Å². The fraction of sp³-hybridized carbons (Fsp3) is 0.231. The van der Waals surface area contributed by atoms with Gasteiger partial charge < -0.3 is 9.72 Å². The van der Waals surface area contributed by atoms with E-state index in [1.807, 2.05) is 24.3 Å². The molecule has 0 atom stereocenters. The van der Waals surface area contributed by atoms with Gasteiger partial charge >= 0.3 is 5.97 Å². The van der Waals surface area contributed by atoms with Gasteiger partial charge in [0.25, 0.3) is 0 Å². The van der Waals surface area contributed by atoms with Gasteiger partial charge in [0.05, 0.1) is 12.2 Å². The standard InChI is InChI=1S/C13H13NO3/c1-3-17-13(16)12-11(8(2)15)9-6-4-5-7-10(9)14-12/h4-7,14H,3H2,1-2H3. The third kappa shape index (κ3) is 1.93. The first-order valence-corrected chi connectivity index (χ1v) is 5.44. The lowest BCUT2D eigenvalue weighted by atomic mass is 10.1. The van der Waals surface area contributed by atoms with Crippen LogP contribution in [0, 0.1) is 0 Å². The van der Waals surface area contributed by atoms with E-state index in [0.29, 0.717) is 5.56 Å². The monoisotopic (exact) mass is 231 g/mol. The largest absolute Gasteiger partial charge is 0.461 e. The summed E-state index contributed by atoms with van der Waals surface area (Å²) in [6.07, 6.45) is 0. The number of para-hydroxylation sites is 1. The third-order valence-electron chi connectivity index (χ3n) is 2.54. The lowest BCUT2D eigenvalue weighted by Crippen LogP contribution is -2.09. The number of Topliss-reactive ketones (excluding diaryl/α,β-unsaturated/α-hetero) is 1. The zero-order valence-corrected chi connectivity index (χ0v) is 9.74. The molecule has 1 heterocycles. The first-order chi connectivity index (χ1) is 8.15. The molecule has 1 aromatic heterocycles. The summed E-state index contributed by atoms with van der Waals surface area (Å²) in [5, 5.41) is 0.753. The molecular weight excluding hydrogens is 218 g/mol. The summed E-state index contributed by atoms with van der Waals surface area (Å²) in [5.74, 6) is -0.639. The first kappa shape index (κ1) is 11.4. The van der Waals surface area contributed by atoms with Crippen LogP contribution >= 0.6 is 0 Å². The number of hydrogen-bond acceptors (Lipinski definition) is 3. The van der Waals surface area contributed by atoms with E-state index in [-0.39, 0.29) is 18.1 Å². The zero-order chi connectivity index (χ0) is 12.4. The van der Waals surface area contributed by atoms with Gasteiger partial charge in [-0.25, -0.2) is 4.79 Å². The maximum absolute atomic E-state index is 11.7. The minimum Gasteiger partial charge on any atom is -0.461 e. The predicted octanol–water partition coefficient (Wildman–Crippen LogP) is 2.55. The van der Waals surface area contributed by atoms with Gasteiger partial charge in [-0.2, -0.15) is 0 Å². The normalized spacial score (nSPS) is 10.5. The SMILES string of the molecule is CCOC(=O)c1[nH]c2ccccc2c1C(C)=O. The minimum atomic E-state index is -0.492. The Labute approximate surface area is 98.6 Å². The fourth-order valence-corrected chi connectivity index (χ4v) is 1.86. The predicted molar refractivity (Wildman–Crippen MR) is 64.3 cm³/mol. The lowest BCUT2D eigenvalue weighted by molar-refractivity contribution is 0.0517. The van der Waals surface area contributed by atoms with Crippen molar-refractivity contribution in [2.24, 2.45) is 0 Å². The van der Waals surface area contributed by atoms with Crippen LogP contribution in [-0.4, -0.2) is 23.3 Å². The van der Waals surface area contributed by atoms with E-state index >= 15 is 0 Å². The van der Waals surface area contributed by atoms with Crippen LogP contribution in [0.5, 0.6) is 0 Å². The number of carbonyl (C=O) groups is 2. The van der Waals surface area contributed by atoms with Crippen molar-refractivity contribution in [3.8, 4) is 0 Å². The van der Waals surface area contributed by atoms with Crippen LogP contribution in [0.1, 0.15) is 34.7 Å². The highest BCUT2D eigenvalue weighted by atomic mass is 16.5. The van der Waals surface area contributed by atoms with Crippen LogP contribution in [0.4, 0.5) is 0 Å². The number of esters is 1. The molecule has 4 heteroatoms. The molecule has 0 aliphatic rings. The molecule has 0 saturated carbocycles. The molecule has 0 spiro atoms. The number of aromatic nitrogens is 1. The summed E-state index contributed by atoms with van der Waals surface area (Å²) in [5.41, 5.74) is 1.40. The van der Waals surface area contributed by atoms with E-state index in [0.717, 1.165) is 10.9 Å². The summed E-state index contributed by atoms with van der Waals surface area (Å²) in [4.78, 5) is 26.3. The van der Waals surface area contributed by atoms with Gasteiger partial charge in [-0.15, -0.1) is 0 Å². The van der Waals surface area contributed by atoms with Gasteiger partial charge in [0, 0.05) is 10.9 Å². The number of nitrogens with one attached hydrogen (secondary N) is 1. The van der Waals surface area contributed by atoms with Crippen molar-refractivity contribution >= 4 is 22.7 Å². The molecule has 0 unspecified atom stereocenters. The Morgan fingerprint density at radius 2 is 2.00 bits per heavy atom. The summed E-state index contributed by atoms with van der Waals surface area (Å²) >= 11 is 0. The molecule has 0 bridgehead atoms. The van der Waals surface area contributed by atoms with Gasteiger partial charge in [-0.3, -0.25) is 4.79 Å². The number of hydrogen-bond donors (Lipinski definition) is 1. The van der Waals surface area contributed by atoms with E-state index in [1.165, 1.54) is 6.92 Å². The number of fused-ring (bicyclic) bond motifs is 1. The van der Waals surface area contributed by atoms with Crippen molar-refractivity contribution in [3.63, 3.8) is 0 Å². The quantitative estimate of drug-likeness (QED) is 0.652. The minimum absolute atomic E-state index is 0.148. The van der Waals surface area contributed by atoms with Gasteiger partial charge in [0.2, 0.25) is 0 Å². The van der Waals surface area contributed by atoms with Gasteiger partial charge in [0.15, 0.2) is 5.78 Å². The molecule has 2 aromatic rings. The van der Waals surface area contributed by atoms with Crippen molar-refractivity contribution in [3.05, 3.63) is 35.5 Å². The maximum Gasteiger partial charge on any atom is 0.355 e. The van der Waals surface area contributed by atoms with Crippen LogP contribution in [0.2, 0.25) is 0 Å². The van der Waals surface area contributed by atoms with Crippen molar-refractivity contribution in [2.75, 3.05) is 6.61 Å². The first-order valence-electron chi connectivity index (χ1n) is 5.44. The second kappa shape index (κ2) is 4.41. The third-order valence-corrected chi connectivity index (χ3v) is 2.54. The Hall–Kier alpha value is -2.10. The number of ether oxygens (including phenoxy) is 1.